The fourth-order valence-electron chi connectivity index (χ4n) is 9.20. The molecule has 4 amide bonds. The van der Waals surface area contributed by atoms with Crippen molar-refractivity contribution in [1.29, 1.82) is 0 Å². The average Bonchev–Trinajstić information content (AvgIpc) is 4.08. The van der Waals surface area contributed by atoms with E-state index in [0.29, 0.717) is 31.2 Å². The van der Waals surface area contributed by atoms with Crippen LogP contribution < -0.4 is 15.4 Å². The zero-order chi connectivity index (χ0) is 43.3. The van der Waals surface area contributed by atoms with Crippen molar-refractivity contribution in [2.75, 3.05) is 27.9 Å². The van der Waals surface area contributed by atoms with E-state index in [4.69, 9.17) is 28.9 Å². The number of carbonyl (C=O) groups is 4. The van der Waals surface area contributed by atoms with Gasteiger partial charge in [-0.15, -0.1) is 0 Å². The van der Waals surface area contributed by atoms with Crippen LogP contribution in [0.1, 0.15) is 83.2 Å². The van der Waals surface area contributed by atoms with Crippen molar-refractivity contribution in [3.05, 3.63) is 65.9 Å². The lowest BCUT2D eigenvalue weighted by molar-refractivity contribution is -0.138. The summed E-state index contributed by atoms with van der Waals surface area (Å²) in [5, 5.41) is 7.31. The number of fused-ring (bicyclic) bond motifs is 6. The number of methoxy groups -OCH3 is 3. The minimum Gasteiger partial charge on any atom is -0.488 e. The van der Waals surface area contributed by atoms with Gasteiger partial charge in [-0.1, -0.05) is 39.0 Å². The van der Waals surface area contributed by atoms with Gasteiger partial charge in [0.2, 0.25) is 11.8 Å². The first-order chi connectivity index (χ1) is 29.3. The first kappa shape index (κ1) is 41.6. The lowest BCUT2D eigenvalue weighted by Gasteiger charge is -2.32. The number of hydrogen-bond donors (Lipinski definition) is 4. The van der Waals surface area contributed by atoms with Crippen molar-refractivity contribution in [3.63, 3.8) is 0 Å². The molecule has 16 heteroatoms. The van der Waals surface area contributed by atoms with E-state index in [2.05, 4.69) is 57.9 Å². The van der Waals surface area contributed by atoms with E-state index >= 15 is 0 Å². The summed E-state index contributed by atoms with van der Waals surface area (Å²) in [6.45, 7) is 10.6. The number of alkyl carbamates (subject to hydrolysis) is 2. The van der Waals surface area contributed by atoms with Gasteiger partial charge in [0.1, 0.15) is 36.1 Å². The summed E-state index contributed by atoms with van der Waals surface area (Å²) in [6, 6.07) is 12.3. The van der Waals surface area contributed by atoms with Gasteiger partial charge in [0.15, 0.2) is 0 Å². The third kappa shape index (κ3) is 7.73. The van der Waals surface area contributed by atoms with Crippen LogP contribution in [0.5, 0.6) is 5.75 Å². The van der Waals surface area contributed by atoms with Crippen molar-refractivity contribution in [2.24, 2.45) is 11.8 Å². The van der Waals surface area contributed by atoms with E-state index < -0.39 is 30.4 Å². The molecule has 16 nitrogen and oxygen atoms in total. The quantitative estimate of drug-likeness (QED) is 0.117. The highest BCUT2D eigenvalue weighted by Crippen LogP contribution is 2.44. The summed E-state index contributed by atoms with van der Waals surface area (Å²) < 4.78 is 21.5. The van der Waals surface area contributed by atoms with Crippen LogP contribution in [0, 0.1) is 11.8 Å². The molecule has 0 aliphatic carbocycles. The fourth-order valence-corrected chi connectivity index (χ4v) is 9.20. The minimum atomic E-state index is -0.930. The van der Waals surface area contributed by atoms with Gasteiger partial charge in [0, 0.05) is 30.6 Å². The Bertz CT molecular complexity index is 2500. The van der Waals surface area contributed by atoms with Gasteiger partial charge < -0.3 is 49.3 Å². The topological polar surface area (TPSA) is 193 Å². The van der Waals surface area contributed by atoms with Crippen LogP contribution in [0.25, 0.3) is 44.2 Å². The van der Waals surface area contributed by atoms with Gasteiger partial charge in [-0.2, -0.15) is 0 Å². The molecule has 3 aromatic carbocycles. The Labute approximate surface area is 354 Å². The van der Waals surface area contributed by atoms with Crippen molar-refractivity contribution >= 4 is 45.8 Å². The number of nitrogens with zero attached hydrogens (tertiary/aromatic N) is 4. The molecule has 2 fully saturated rings. The Morgan fingerprint density at radius 1 is 0.852 bits per heavy atom. The normalized spacial score (nSPS) is 21.1. The summed E-state index contributed by atoms with van der Waals surface area (Å²) in [4.78, 5) is 72.6. The first-order valence-corrected chi connectivity index (χ1v) is 20.9. The SMILES string of the molecule is COC(=O)N[C@H](C(=O)N1C(c2ncc(-c3ccc4c(c3)COc3cc5c(ccc6[nH]c(C7C[C@H](C)CN7C(=O)[C@@H](NC(=O)OC)[C@H](C)OC)nc65)cc3-4)[nH]2)CC[C@@H]1C)C(C)C. The molecule has 0 saturated carbocycles. The number of hydrogen-bond acceptors (Lipinski definition) is 10. The van der Waals surface area contributed by atoms with Gasteiger partial charge in [-0.25, -0.2) is 19.6 Å². The number of rotatable bonds is 10. The molecule has 2 unspecified atom stereocenters. The van der Waals surface area contributed by atoms with Gasteiger partial charge in [-0.3, -0.25) is 9.59 Å². The van der Waals surface area contributed by atoms with Gasteiger partial charge >= 0.3 is 12.2 Å². The molecule has 3 aliphatic rings. The highest BCUT2D eigenvalue weighted by atomic mass is 16.5. The molecule has 2 saturated heterocycles. The van der Waals surface area contributed by atoms with Crippen LogP contribution in [0.15, 0.2) is 48.7 Å². The van der Waals surface area contributed by atoms with Crippen molar-refractivity contribution in [3.8, 4) is 28.1 Å². The number of imidazole rings is 2. The molecule has 0 spiro atoms. The number of H-pyrrole nitrogens is 2. The number of aromatic amines is 2. The Balaban J connectivity index is 1.05. The van der Waals surface area contributed by atoms with E-state index in [1.165, 1.54) is 21.3 Å². The smallest absolute Gasteiger partial charge is 0.407 e. The maximum Gasteiger partial charge on any atom is 0.407 e. The number of amides is 4. The summed E-state index contributed by atoms with van der Waals surface area (Å²) in [5.74, 6) is 1.80. The van der Waals surface area contributed by atoms with Crippen LogP contribution in [-0.4, -0.2) is 106 Å². The standard InChI is InChI=1S/C45H54N8O8/c1-22(2)37(50-44(56)59-7)43(55)53-24(4)9-14-34(53)40-46-19-33(48-40)27-10-12-29-28(16-27)21-61-36-18-30-26(17-31(29)36)11-13-32-39(30)49-41(47-32)35-15-23(3)20-52(35)42(54)38(25(5)58-6)51-45(57)60-8/h10-13,16-19,22-25,34-35,37-38H,9,14-15,20-21H2,1-8H3,(H,46,48)(H,47,49)(H,50,56)(H,51,57)/t23-,24-,25-,34?,35?,37-,38-/m0/s1. The van der Waals surface area contributed by atoms with Crippen LogP contribution >= 0.6 is 0 Å². The monoisotopic (exact) mass is 834 g/mol. The Kier molecular flexibility index (Phi) is 11.4. The molecule has 322 valence electrons. The van der Waals surface area contributed by atoms with Gasteiger partial charge in [0.25, 0.3) is 0 Å². The zero-order valence-electron chi connectivity index (χ0n) is 35.8. The highest BCUT2D eigenvalue weighted by Gasteiger charge is 2.43. The molecule has 3 aliphatic heterocycles. The minimum absolute atomic E-state index is 0.0198. The molecular weight excluding hydrogens is 781 g/mol. The van der Waals surface area contributed by atoms with Crippen molar-refractivity contribution in [2.45, 2.75) is 96.8 Å². The van der Waals surface area contributed by atoms with Crippen molar-refractivity contribution < 1.29 is 38.1 Å². The van der Waals surface area contributed by atoms with E-state index in [1.807, 2.05) is 44.0 Å². The molecule has 61 heavy (non-hydrogen) atoms. The number of benzene rings is 3. The third-order valence-corrected chi connectivity index (χ3v) is 12.6. The van der Waals surface area contributed by atoms with E-state index in [-0.39, 0.29) is 41.8 Å². The Hall–Kier alpha value is -6.16. The predicted molar refractivity (Wildman–Crippen MR) is 227 cm³/mol. The number of nitrogens with one attached hydrogen (secondary N) is 4. The Morgan fingerprint density at radius 2 is 1.61 bits per heavy atom. The predicted octanol–water partition coefficient (Wildman–Crippen LogP) is 6.77. The molecule has 0 radical (unpaired) electrons. The number of carbonyl (C=O) groups excluding carboxylic acids is 4. The molecule has 8 rings (SSSR count). The second-order valence-electron chi connectivity index (χ2n) is 16.9. The number of likely N-dealkylation sites (tertiary alicyclic amines) is 2. The second kappa shape index (κ2) is 16.7. The lowest BCUT2D eigenvalue weighted by atomic mass is 9.92. The highest BCUT2D eigenvalue weighted by molar-refractivity contribution is 6.07. The average molecular weight is 835 g/mol. The van der Waals surface area contributed by atoms with Gasteiger partial charge in [-0.05, 0) is 91.3 Å². The number of aromatic nitrogens is 4. The number of ether oxygens (including phenoxy) is 4. The summed E-state index contributed by atoms with van der Waals surface area (Å²) in [5.41, 5.74) is 6.50. The largest absolute Gasteiger partial charge is 0.488 e. The summed E-state index contributed by atoms with van der Waals surface area (Å²) in [6.07, 6.45) is 2.17. The lowest BCUT2D eigenvalue weighted by Crippen LogP contribution is -2.54. The van der Waals surface area contributed by atoms with Crippen molar-refractivity contribution in [1.82, 2.24) is 40.4 Å². The van der Waals surface area contributed by atoms with Crippen LogP contribution in [-0.2, 0) is 30.4 Å². The molecule has 5 heterocycles. The summed E-state index contributed by atoms with van der Waals surface area (Å²) in [7, 11) is 4.06. The second-order valence-corrected chi connectivity index (χ2v) is 16.9. The van der Waals surface area contributed by atoms with E-state index in [9.17, 15) is 19.2 Å². The maximum absolute atomic E-state index is 14.0. The van der Waals surface area contributed by atoms with E-state index in [1.54, 1.807) is 11.8 Å². The molecule has 5 aromatic rings. The molecular formula is C45H54N8O8. The Morgan fingerprint density at radius 3 is 2.33 bits per heavy atom. The molecule has 2 aromatic heterocycles. The van der Waals surface area contributed by atoms with Gasteiger partial charge in [0.05, 0.1) is 55.3 Å². The molecule has 0 bridgehead atoms. The van der Waals surface area contributed by atoms with Crippen LogP contribution in [0.2, 0.25) is 0 Å². The van der Waals surface area contributed by atoms with Crippen LogP contribution in [0.4, 0.5) is 9.59 Å². The maximum atomic E-state index is 14.0. The molecule has 4 N–H and O–H groups in total. The third-order valence-electron chi connectivity index (χ3n) is 12.6. The van der Waals surface area contributed by atoms with E-state index in [0.717, 1.165) is 68.3 Å². The molecule has 7 atom stereocenters. The zero-order valence-corrected chi connectivity index (χ0v) is 35.8. The summed E-state index contributed by atoms with van der Waals surface area (Å²) >= 11 is 0. The first-order valence-electron chi connectivity index (χ1n) is 20.9. The fraction of sp³-hybridized carbons (Fsp3) is 0.467. The van der Waals surface area contributed by atoms with Crippen LogP contribution in [0.3, 0.4) is 0 Å².